The molecule has 0 aliphatic rings. The van der Waals surface area contributed by atoms with E-state index in [1.165, 1.54) is 0 Å². The molecule has 4 nitrogen and oxygen atoms in total. The van der Waals surface area contributed by atoms with Gasteiger partial charge in [-0.1, -0.05) is 0 Å². The molecule has 12 heavy (non-hydrogen) atoms. The van der Waals surface area contributed by atoms with E-state index in [2.05, 4.69) is 10.1 Å². The summed E-state index contributed by atoms with van der Waals surface area (Å²) in [6, 6.07) is 3.51. The lowest BCUT2D eigenvalue weighted by atomic mass is 10.3. The molecule has 0 radical (unpaired) electrons. The predicted molar refractivity (Wildman–Crippen MR) is 43.9 cm³/mol. The number of carbonyl (C=O) groups excluding carboxylic acids is 1. The zero-order valence-electron chi connectivity index (χ0n) is 6.56. The molecule has 0 amide bonds. The fourth-order valence-electron chi connectivity index (χ4n) is 1.10. The van der Waals surface area contributed by atoms with Crippen LogP contribution in [0.25, 0.3) is 11.0 Å². The summed E-state index contributed by atoms with van der Waals surface area (Å²) in [4.78, 5) is 14.4. The number of hydrogen-bond acceptors (Lipinski definition) is 3. The lowest BCUT2D eigenvalue weighted by Gasteiger charge is -1.87. The van der Waals surface area contributed by atoms with E-state index in [0.29, 0.717) is 17.6 Å². The minimum atomic E-state index is 0.418. The molecule has 2 aromatic heterocycles. The molecule has 4 heteroatoms. The highest BCUT2D eigenvalue weighted by atomic mass is 16.1. The molecular formula is C8H7N3O. The van der Waals surface area contributed by atoms with Crippen LogP contribution in [0.15, 0.2) is 18.3 Å². The number of rotatable bonds is 1. The van der Waals surface area contributed by atoms with Crippen LogP contribution in [0.1, 0.15) is 10.5 Å². The monoisotopic (exact) mass is 161 g/mol. The third-order valence-electron chi connectivity index (χ3n) is 1.63. The first-order valence-electron chi connectivity index (χ1n) is 3.55. The van der Waals surface area contributed by atoms with Crippen LogP contribution in [-0.4, -0.2) is 21.1 Å². The topological polar surface area (TPSA) is 47.8 Å². The predicted octanol–water partition coefficient (Wildman–Crippen LogP) is 0.781. The highest BCUT2D eigenvalue weighted by Gasteiger charge is 1.99. The number of hydrogen-bond donors (Lipinski definition) is 0. The maximum absolute atomic E-state index is 10.4. The van der Waals surface area contributed by atoms with Crippen molar-refractivity contribution < 1.29 is 4.79 Å². The average molecular weight is 161 g/mol. The molecule has 0 fully saturated rings. The van der Waals surface area contributed by atoms with Gasteiger partial charge >= 0.3 is 0 Å². The van der Waals surface area contributed by atoms with Gasteiger partial charge in [0.2, 0.25) is 0 Å². The van der Waals surface area contributed by atoms with Gasteiger partial charge in [0.15, 0.2) is 11.9 Å². The number of carbonyl (C=O) groups is 1. The molecule has 2 rings (SSSR count). The fourth-order valence-corrected chi connectivity index (χ4v) is 1.10. The van der Waals surface area contributed by atoms with Crippen molar-refractivity contribution in [2.75, 3.05) is 0 Å². The van der Waals surface area contributed by atoms with Gasteiger partial charge in [-0.05, 0) is 12.1 Å². The summed E-state index contributed by atoms with van der Waals surface area (Å²) < 4.78 is 1.67. The van der Waals surface area contributed by atoms with Crippen LogP contribution in [0.4, 0.5) is 0 Å². The first-order chi connectivity index (χ1) is 5.79. The molecule has 0 spiro atoms. The van der Waals surface area contributed by atoms with Gasteiger partial charge in [0, 0.05) is 18.6 Å². The second kappa shape index (κ2) is 2.41. The van der Waals surface area contributed by atoms with E-state index in [1.54, 1.807) is 10.7 Å². The fraction of sp³-hybridized carbons (Fsp3) is 0.125. The van der Waals surface area contributed by atoms with Gasteiger partial charge in [-0.15, -0.1) is 0 Å². The Bertz CT molecular complexity index is 433. The van der Waals surface area contributed by atoms with E-state index in [4.69, 9.17) is 0 Å². The normalized spacial score (nSPS) is 10.4. The molecule has 2 aromatic rings. The molecule has 0 aromatic carbocycles. The van der Waals surface area contributed by atoms with Gasteiger partial charge in [0.1, 0.15) is 5.69 Å². The molecule has 0 unspecified atom stereocenters. The number of nitrogens with zero attached hydrogens (tertiary/aromatic N) is 3. The van der Waals surface area contributed by atoms with Gasteiger partial charge in [-0.2, -0.15) is 5.10 Å². The number of fused-ring (bicyclic) bond motifs is 1. The van der Waals surface area contributed by atoms with Crippen LogP contribution in [-0.2, 0) is 7.05 Å². The molecule has 0 bridgehead atoms. The Hall–Kier alpha value is -1.71. The highest BCUT2D eigenvalue weighted by Crippen LogP contribution is 2.08. The Morgan fingerprint density at radius 2 is 2.33 bits per heavy atom. The van der Waals surface area contributed by atoms with Crippen LogP contribution in [0, 0.1) is 0 Å². The number of aryl methyl sites for hydroxylation is 1. The minimum Gasteiger partial charge on any atom is -0.296 e. The molecule has 2 heterocycles. The summed E-state index contributed by atoms with van der Waals surface area (Å²) in [5, 5.41) is 5.02. The Kier molecular flexibility index (Phi) is 1.40. The number of aromatic nitrogens is 3. The SMILES string of the molecule is Cn1cc2ccc(C=O)nc2n1. The lowest BCUT2D eigenvalue weighted by molar-refractivity contribution is 0.111. The summed E-state index contributed by atoms with van der Waals surface area (Å²) in [6.07, 6.45) is 2.57. The highest BCUT2D eigenvalue weighted by molar-refractivity contribution is 5.80. The molecular weight excluding hydrogens is 154 g/mol. The van der Waals surface area contributed by atoms with E-state index in [0.717, 1.165) is 5.39 Å². The van der Waals surface area contributed by atoms with Crippen LogP contribution >= 0.6 is 0 Å². The first kappa shape index (κ1) is 6.97. The van der Waals surface area contributed by atoms with E-state index in [-0.39, 0.29) is 0 Å². The van der Waals surface area contributed by atoms with Gasteiger partial charge in [0.25, 0.3) is 0 Å². The summed E-state index contributed by atoms with van der Waals surface area (Å²) in [6.45, 7) is 0. The molecule has 60 valence electrons. The van der Waals surface area contributed by atoms with Crippen molar-refractivity contribution in [1.29, 1.82) is 0 Å². The van der Waals surface area contributed by atoms with Crippen molar-refractivity contribution >= 4 is 17.3 Å². The van der Waals surface area contributed by atoms with E-state index < -0.39 is 0 Å². The van der Waals surface area contributed by atoms with Gasteiger partial charge in [0.05, 0.1) is 0 Å². The van der Waals surface area contributed by atoms with Gasteiger partial charge in [-0.3, -0.25) is 9.48 Å². The van der Waals surface area contributed by atoms with Crippen LogP contribution < -0.4 is 0 Å². The molecule has 0 N–H and O–H groups in total. The van der Waals surface area contributed by atoms with Crippen molar-refractivity contribution in [3.05, 3.63) is 24.0 Å². The molecule has 0 saturated heterocycles. The van der Waals surface area contributed by atoms with Crippen molar-refractivity contribution in [2.24, 2.45) is 7.05 Å². The zero-order chi connectivity index (χ0) is 8.55. The maximum atomic E-state index is 10.4. The first-order valence-corrected chi connectivity index (χ1v) is 3.55. The Balaban J connectivity index is 2.74. The Morgan fingerprint density at radius 3 is 3.08 bits per heavy atom. The van der Waals surface area contributed by atoms with Crippen LogP contribution in [0.3, 0.4) is 0 Å². The third kappa shape index (κ3) is 0.972. The van der Waals surface area contributed by atoms with Gasteiger partial charge in [-0.25, -0.2) is 4.98 Å². The van der Waals surface area contributed by atoms with Crippen molar-refractivity contribution in [1.82, 2.24) is 14.8 Å². The largest absolute Gasteiger partial charge is 0.296 e. The lowest BCUT2D eigenvalue weighted by Crippen LogP contribution is -1.88. The minimum absolute atomic E-state index is 0.418. The van der Waals surface area contributed by atoms with Crippen molar-refractivity contribution in [2.45, 2.75) is 0 Å². The van der Waals surface area contributed by atoms with Crippen LogP contribution in [0.5, 0.6) is 0 Å². The standard InChI is InChI=1S/C8H7N3O/c1-11-4-6-2-3-7(5-12)9-8(6)10-11/h2-5H,1H3. The third-order valence-corrected chi connectivity index (χ3v) is 1.63. The average Bonchev–Trinajstić information content (AvgIpc) is 2.43. The summed E-state index contributed by atoms with van der Waals surface area (Å²) in [5.74, 6) is 0. The molecule has 0 aliphatic heterocycles. The smallest absolute Gasteiger partial charge is 0.181 e. The summed E-state index contributed by atoms with van der Waals surface area (Å²) in [7, 11) is 1.82. The van der Waals surface area contributed by atoms with Crippen molar-refractivity contribution in [3.8, 4) is 0 Å². The molecule has 0 atom stereocenters. The van der Waals surface area contributed by atoms with E-state index >= 15 is 0 Å². The maximum Gasteiger partial charge on any atom is 0.181 e. The van der Waals surface area contributed by atoms with Crippen molar-refractivity contribution in [3.63, 3.8) is 0 Å². The Labute approximate surface area is 68.8 Å². The number of pyridine rings is 1. The quantitative estimate of drug-likeness (QED) is 0.580. The van der Waals surface area contributed by atoms with E-state index in [1.807, 2.05) is 19.3 Å². The summed E-state index contributed by atoms with van der Waals surface area (Å²) in [5.41, 5.74) is 1.03. The molecule has 0 saturated carbocycles. The second-order valence-corrected chi connectivity index (χ2v) is 2.57. The second-order valence-electron chi connectivity index (χ2n) is 2.57. The van der Waals surface area contributed by atoms with Crippen LogP contribution in [0.2, 0.25) is 0 Å². The Morgan fingerprint density at radius 1 is 1.50 bits per heavy atom. The van der Waals surface area contributed by atoms with E-state index in [9.17, 15) is 4.79 Å². The van der Waals surface area contributed by atoms with Gasteiger partial charge < -0.3 is 0 Å². The zero-order valence-corrected chi connectivity index (χ0v) is 6.56. The number of aldehydes is 1. The summed E-state index contributed by atoms with van der Waals surface area (Å²) >= 11 is 0. The molecule has 0 aliphatic carbocycles.